The van der Waals surface area contributed by atoms with Gasteiger partial charge < -0.3 is 10.3 Å². The van der Waals surface area contributed by atoms with Gasteiger partial charge in [0, 0.05) is 18.1 Å². The summed E-state index contributed by atoms with van der Waals surface area (Å²) in [4.78, 5) is 29.1. The van der Waals surface area contributed by atoms with Gasteiger partial charge in [0.05, 0.1) is 16.6 Å². The van der Waals surface area contributed by atoms with Gasteiger partial charge in [0.2, 0.25) is 5.43 Å². The number of primary amides is 1. The first-order valence-electron chi connectivity index (χ1n) is 8.51. The van der Waals surface area contributed by atoms with E-state index >= 15 is 0 Å². The number of pyridine rings is 1. The Kier molecular flexibility index (Phi) is 5.04. The van der Waals surface area contributed by atoms with Crippen LogP contribution in [0.5, 0.6) is 0 Å². The predicted octanol–water partition coefficient (Wildman–Crippen LogP) is 3.87. The molecule has 0 aliphatic heterocycles. The van der Waals surface area contributed by atoms with Crippen molar-refractivity contribution in [3.8, 4) is 0 Å². The molecule has 0 spiro atoms. The molecule has 0 fully saturated rings. The molecule has 6 heteroatoms. The Labute approximate surface area is 155 Å². The van der Waals surface area contributed by atoms with Crippen LogP contribution < -0.4 is 11.2 Å². The third-order valence-corrected chi connectivity index (χ3v) is 5.11. The van der Waals surface area contributed by atoms with Gasteiger partial charge in [-0.25, -0.2) is 4.98 Å². The summed E-state index contributed by atoms with van der Waals surface area (Å²) in [5.74, 6) is -0.333. The summed E-state index contributed by atoms with van der Waals surface area (Å²) in [7, 11) is 0. The Hall–Kier alpha value is -2.73. The smallest absolute Gasteiger partial charge is 0.254 e. The standard InChI is InChI=1S/C20H21N3O2S/c1-4-23-10-14(20(21)25)19(24)18-13(6-5-7-16(18)23)8-9-17-22-15(11-26-17)12(2)3/h5-12H,4H2,1-3H3,(H2,21,25)/b9-8+. The van der Waals surface area contributed by atoms with Gasteiger partial charge in [0.15, 0.2) is 0 Å². The Bertz CT molecular complexity index is 1060. The number of hydrogen-bond acceptors (Lipinski definition) is 4. The highest BCUT2D eigenvalue weighted by molar-refractivity contribution is 7.10. The minimum atomic E-state index is -0.709. The van der Waals surface area contributed by atoms with Crippen molar-refractivity contribution >= 4 is 40.3 Å². The van der Waals surface area contributed by atoms with E-state index in [-0.39, 0.29) is 11.0 Å². The topological polar surface area (TPSA) is 78.0 Å². The van der Waals surface area contributed by atoms with Crippen molar-refractivity contribution in [2.75, 3.05) is 0 Å². The van der Waals surface area contributed by atoms with Crippen LogP contribution in [0.15, 0.2) is 34.6 Å². The molecule has 1 aromatic carbocycles. The molecule has 1 amide bonds. The van der Waals surface area contributed by atoms with Gasteiger partial charge in [0.25, 0.3) is 5.91 Å². The van der Waals surface area contributed by atoms with Gasteiger partial charge in [-0.3, -0.25) is 9.59 Å². The van der Waals surface area contributed by atoms with Crippen LogP contribution in [0.4, 0.5) is 0 Å². The minimum absolute atomic E-state index is 0.0107. The number of benzene rings is 1. The quantitative estimate of drug-likeness (QED) is 0.743. The third kappa shape index (κ3) is 3.32. The number of rotatable bonds is 5. The number of carbonyl (C=O) groups is 1. The van der Waals surface area contributed by atoms with Crippen LogP contribution in [0.1, 0.15) is 53.3 Å². The van der Waals surface area contributed by atoms with E-state index in [2.05, 4.69) is 18.8 Å². The Balaban J connectivity index is 2.16. The summed E-state index contributed by atoms with van der Waals surface area (Å²) >= 11 is 1.57. The largest absolute Gasteiger partial charge is 0.365 e. The number of hydrogen-bond donors (Lipinski definition) is 1. The first-order chi connectivity index (χ1) is 12.4. The summed E-state index contributed by atoms with van der Waals surface area (Å²) in [5.41, 5.74) is 7.66. The molecule has 3 rings (SSSR count). The molecule has 0 atom stereocenters. The molecule has 0 radical (unpaired) electrons. The second-order valence-corrected chi connectivity index (χ2v) is 7.25. The van der Waals surface area contributed by atoms with E-state index in [9.17, 15) is 9.59 Å². The lowest BCUT2D eigenvalue weighted by Crippen LogP contribution is -2.24. The molecule has 5 nitrogen and oxygen atoms in total. The number of aryl methyl sites for hydroxylation is 1. The molecule has 3 aromatic rings. The van der Waals surface area contributed by atoms with Crippen molar-refractivity contribution in [1.29, 1.82) is 0 Å². The van der Waals surface area contributed by atoms with Crippen molar-refractivity contribution in [2.45, 2.75) is 33.2 Å². The maximum Gasteiger partial charge on any atom is 0.254 e. The average molecular weight is 367 g/mol. The van der Waals surface area contributed by atoms with Crippen molar-refractivity contribution in [3.05, 3.63) is 61.8 Å². The molecule has 134 valence electrons. The van der Waals surface area contributed by atoms with E-state index in [1.54, 1.807) is 11.3 Å². The number of amides is 1. The van der Waals surface area contributed by atoms with Crippen LogP contribution in [0.25, 0.3) is 23.1 Å². The zero-order valence-electron chi connectivity index (χ0n) is 15.0. The molecule has 26 heavy (non-hydrogen) atoms. The molecule has 2 aromatic heterocycles. The molecule has 0 unspecified atom stereocenters. The van der Waals surface area contributed by atoms with Gasteiger partial charge in [-0.15, -0.1) is 11.3 Å². The highest BCUT2D eigenvalue weighted by Gasteiger charge is 2.14. The number of carbonyl (C=O) groups excluding carboxylic acids is 1. The van der Waals surface area contributed by atoms with Crippen molar-refractivity contribution in [3.63, 3.8) is 0 Å². The zero-order chi connectivity index (χ0) is 18.8. The fourth-order valence-corrected chi connectivity index (χ4v) is 3.71. The molecule has 2 heterocycles. The summed E-state index contributed by atoms with van der Waals surface area (Å²) in [6.45, 7) is 6.80. The van der Waals surface area contributed by atoms with Gasteiger partial charge in [-0.1, -0.05) is 32.1 Å². The fourth-order valence-electron chi connectivity index (χ4n) is 2.84. The first kappa shape index (κ1) is 18.1. The minimum Gasteiger partial charge on any atom is -0.365 e. The third-order valence-electron chi connectivity index (χ3n) is 4.28. The van der Waals surface area contributed by atoms with E-state index in [0.29, 0.717) is 17.8 Å². The summed E-state index contributed by atoms with van der Waals surface area (Å²) in [5, 5.41) is 3.43. The first-order valence-corrected chi connectivity index (χ1v) is 9.39. The van der Waals surface area contributed by atoms with Gasteiger partial charge in [0.1, 0.15) is 10.6 Å². The normalized spacial score (nSPS) is 11.7. The molecule has 0 aliphatic rings. The maximum atomic E-state index is 12.8. The molecule has 0 saturated carbocycles. The highest BCUT2D eigenvalue weighted by atomic mass is 32.1. The van der Waals surface area contributed by atoms with E-state index in [4.69, 9.17) is 5.73 Å². The lowest BCUT2D eigenvalue weighted by Gasteiger charge is -2.11. The number of thiazole rings is 1. The molecule has 0 saturated heterocycles. The lowest BCUT2D eigenvalue weighted by atomic mass is 10.0. The van der Waals surface area contributed by atoms with Crippen LogP contribution in [0.3, 0.4) is 0 Å². The Morgan fingerprint density at radius 3 is 2.73 bits per heavy atom. The SMILES string of the molecule is CCn1cc(C(N)=O)c(=O)c2c(/C=C/c3nc(C(C)C)cs3)cccc21. The number of nitrogens with two attached hydrogens (primary N) is 1. The average Bonchev–Trinajstić information content (AvgIpc) is 3.09. The number of fused-ring (bicyclic) bond motifs is 1. The second-order valence-electron chi connectivity index (χ2n) is 6.36. The van der Waals surface area contributed by atoms with Crippen molar-refractivity contribution in [2.24, 2.45) is 5.73 Å². The van der Waals surface area contributed by atoms with Crippen LogP contribution in [-0.4, -0.2) is 15.5 Å². The van der Waals surface area contributed by atoms with Crippen LogP contribution in [0.2, 0.25) is 0 Å². The Morgan fingerprint density at radius 1 is 1.35 bits per heavy atom. The highest BCUT2D eigenvalue weighted by Crippen LogP contribution is 2.22. The van der Waals surface area contributed by atoms with E-state index in [1.165, 1.54) is 6.20 Å². The fraction of sp³-hybridized carbons (Fsp3) is 0.250. The number of aromatic nitrogens is 2. The molecule has 2 N–H and O–H groups in total. The molecule has 0 aliphatic carbocycles. The molecule has 0 bridgehead atoms. The van der Waals surface area contributed by atoms with Crippen LogP contribution in [0, 0.1) is 0 Å². The zero-order valence-corrected chi connectivity index (χ0v) is 15.8. The summed E-state index contributed by atoms with van der Waals surface area (Å²) in [6.07, 6.45) is 5.31. The molecular weight excluding hydrogens is 346 g/mol. The van der Waals surface area contributed by atoms with Gasteiger partial charge in [-0.05, 0) is 30.5 Å². The number of nitrogens with zero attached hydrogens (tertiary/aromatic N) is 2. The van der Waals surface area contributed by atoms with Crippen molar-refractivity contribution in [1.82, 2.24) is 9.55 Å². The lowest BCUT2D eigenvalue weighted by molar-refractivity contribution is 0.0999. The van der Waals surface area contributed by atoms with Crippen LogP contribution >= 0.6 is 11.3 Å². The second kappa shape index (κ2) is 7.25. The van der Waals surface area contributed by atoms with E-state index in [1.807, 2.05) is 47.2 Å². The van der Waals surface area contributed by atoms with E-state index < -0.39 is 5.91 Å². The van der Waals surface area contributed by atoms with Gasteiger partial charge >= 0.3 is 0 Å². The monoisotopic (exact) mass is 367 g/mol. The van der Waals surface area contributed by atoms with Crippen molar-refractivity contribution < 1.29 is 4.79 Å². The summed E-state index contributed by atoms with van der Waals surface area (Å²) in [6, 6.07) is 5.64. The van der Waals surface area contributed by atoms with E-state index in [0.717, 1.165) is 21.8 Å². The Morgan fingerprint density at radius 2 is 2.12 bits per heavy atom. The molecular formula is C20H21N3O2S. The summed E-state index contributed by atoms with van der Waals surface area (Å²) < 4.78 is 1.87. The van der Waals surface area contributed by atoms with Crippen LogP contribution in [-0.2, 0) is 6.54 Å². The maximum absolute atomic E-state index is 12.8. The predicted molar refractivity (Wildman–Crippen MR) is 108 cm³/mol. The van der Waals surface area contributed by atoms with Gasteiger partial charge in [-0.2, -0.15) is 0 Å².